The van der Waals surface area contributed by atoms with Crippen LogP contribution in [0.3, 0.4) is 0 Å². The molecule has 2 nitrogen and oxygen atoms in total. The van der Waals surface area contributed by atoms with Crippen molar-refractivity contribution in [2.24, 2.45) is 0 Å². The van der Waals surface area contributed by atoms with Gasteiger partial charge in [0, 0.05) is 5.69 Å². The van der Waals surface area contributed by atoms with Crippen LogP contribution in [0.4, 0.5) is 5.69 Å². The number of rotatable bonds is 2. The van der Waals surface area contributed by atoms with Gasteiger partial charge in [0.1, 0.15) is 6.29 Å². The van der Waals surface area contributed by atoms with E-state index in [4.69, 9.17) is 0 Å². The fourth-order valence-electron chi connectivity index (χ4n) is 2.01. The zero-order valence-corrected chi connectivity index (χ0v) is 9.29. The molecule has 1 N–H and O–H groups in total. The molecule has 1 aliphatic heterocycles. The largest absolute Gasteiger partial charge is 0.375 e. The number of aldehydes is 1. The zero-order valence-electron chi connectivity index (χ0n) is 9.29. The standard InChI is InChI=1S/C13H17NO/c1-9(2)10-4-6-13-11(7-10)3-5-12(8-15)14-13/h4,6-9,12,14H,3,5H2,1-2H3. The molecule has 0 spiro atoms. The molecule has 1 aromatic carbocycles. The third-order valence-corrected chi connectivity index (χ3v) is 3.03. The van der Waals surface area contributed by atoms with E-state index in [0.717, 1.165) is 24.8 Å². The van der Waals surface area contributed by atoms with Crippen LogP contribution in [0, 0.1) is 0 Å². The van der Waals surface area contributed by atoms with Gasteiger partial charge in [-0.1, -0.05) is 26.0 Å². The molecule has 1 heterocycles. The molecule has 0 saturated heterocycles. The molecule has 15 heavy (non-hydrogen) atoms. The predicted molar refractivity (Wildman–Crippen MR) is 62.3 cm³/mol. The van der Waals surface area contributed by atoms with E-state index < -0.39 is 0 Å². The summed E-state index contributed by atoms with van der Waals surface area (Å²) in [5, 5.41) is 3.24. The van der Waals surface area contributed by atoms with Crippen LogP contribution in [0.25, 0.3) is 0 Å². The van der Waals surface area contributed by atoms with Gasteiger partial charge in [0.15, 0.2) is 0 Å². The maximum atomic E-state index is 10.7. The smallest absolute Gasteiger partial charge is 0.142 e. The Kier molecular flexibility index (Phi) is 2.76. The van der Waals surface area contributed by atoms with Crippen molar-refractivity contribution in [1.82, 2.24) is 0 Å². The van der Waals surface area contributed by atoms with Gasteiger partial charge in [0.25, 0.3) is 0 Å². The van der Waals surface area contributed by atoms with E-state index in [1.165, 1.54) is 11.1 Å². The first kappa shape index (κ1) is 10.2. The van der Waals surface area contributed by atoms with Crippen LogP contribution in [0.15, 0.2) is 18.2 Å². The predicted octanol–water partition coefficient (Wildman–Crippen LogP) is 2.74. The number of nitrogens with one attached hydrogen (secondary N) is 1. The Bertz CT molecular complexity index is 371. The Morgan fingerprint density at radius 2 is 2.27 bits per heavy atom. The highest BCUT2D eigenvalue weighted by Gasteiger charge is 2.17. The molecule has 2 heteroatoms. The highest BCUT2D eigenvalue weighted by atomic mass is 16.1. The number of anilines is 1. The molecule has 1 unspecified atom stereocenters. The summed E-state index contributed by atoms with van der Waals surface area (Å²) in [6.07, 6.45) is 2.92. The lowest BCUT2D eigenvalue weighted by Gasteiger charge is -2.24. The minimum Gasteiger partial charge on any atom is -0.375 e. The van der Waals surface area contributed by atoms with Crippen LogP contribution >= 0.6 is 0 Å². The number of carbonyl (C=O) groups excluding carboxylic acids is 1. The molecule has 2 rings (SSSR count). The quantitative estimate of drug-likeness (QED) is 0.749. The van der Waals surface area contributed by atoms with Gasteiger partial charge in [-0.05, 0) is 36.0 Å². The lowest BCUT2D eigenvalue weighted by atomic mass is 9.93. The second-order valence-electron chi connectivity index (χ2n) is 4.50. The second kappa shape index (κ2) is 4.05. The Morgan fingerprint density at radius 1 is 1.47 bits per heavy atom. The zero-order chi connectivity index (χ0) is 10.8. The monoisotopic (exact) mass is 203 g/mol. The van der Waals surface area contributed by atoms with Crippen molar-refractivity contribution in [1.29, 1.82) is 0 Å². The molecule has 80 valence electrons. The first-order valence-corrected chi connectivity index (χ1v) is 5.55. The number of fused-ring (bicyclic) bond motifs is 1. The minimum atomic E-state index is 0.00222. The van der Waals surface area contributed by atoms with Crippen LogP contribution in [0.5, 0.6) is 0 Å². The van der Waals surface area contributed by atoms with Crippen molar-refractivity contribution in [3.63, 3.8) is 0 Å². The van der Waals surface area contributed by atoms with E-state index in [1.54, 1.807) is 0 Å². The Labute approximate surface area is 90.7 Å². The van der Waals surface area contributed by atoms with Crippen molar-refractivity contribution in [2.75, 3.05) is 5.32 Å². The number of hydrogen-bond acceptors (Lipinski definition) is 2. The summed E-state index contributed by atoms with van der Waals surface area (Å²) in [6, 6.07) is 6.50. The maximum Gasteiger partial charge on any atom is 0.142 e. The second-order valence-corrected chi connectivity index (χ2v) is 4.50. The van der Waals surface area contributed by atoms with Gasteiger partial charge in [0.2, 0.25) is 0 Å². The van der Waals surface area contributed by atoms with Crippen molar-refractivity contribution in [3.8, 4) is 0 Å². The van der Waals surface area contributed by atoms with Gasteiger partial charge in [-0.15, -0.1) is 0 Å². The van der Waals surface area contributed by atoms with Gasteiger partial charge < -0.3 is 10.1 Å². The number of carbonyl (C=O) groups is 1. The summed E-state index contributed by atoms with van der Waals surface area (Å²) < 4.78 is 0. The van der Waals surface area contributed by atoms with E-state index in [0.29, 0.717) is 5.92 Å². The summed E-state index contributed by atoms with van der Waals surface area (Å²) in [6.45, 7) is 4.40. The van der Waals surface area contributed by atoms with Crippen LogP contribution in [-0.2, 0) is 11.2 Å². The Hall–Kier alpha value is -1.31. The molecule has 0 amide bonds. The van der Waals surface area contributed by atoms with Gasteiger partial charge in [-0.3, -0.25) is 0 Å². The van der Waals surface area contributed by atoms with E-state index >= 15 is 0 Å². The molecule has 0 aliphatic carbocycles. The SMILES string of the molecule is CC(C)c1ccc2c(c1)CCC(C=O)N2. The van der Waals surface area contributed by atoms with Crippen LogP contribution < -0.4 is 5.32 Å². The first-order valence-electron chi connectivity index (χ1n) is 5.55. The van der Waals surface area contributed by atoms with E-state index in [9.17, 15) is 4.79 Å². The fraction of sp³-hybridized carbons (Fsp3) is 0.462. The molecule has 0 bridgehead atoms. The minimum absolute atomic E-state index is 0.00222. The van der Waals surface area contributed by atoms with E-state index in [1.807, 2.05) is 0 Å². The Balaban J connectivity index is 2.28. The van der Waals surface area contributed by atoms with Gasteiger partial charge in [-0.25, -0.2) is 0 Å². The molecule has 1 aromatic rings. The third kappa shape index (κ3) is 2.04. The molecule has 1 aliphatic rings. The van der Waals surface area contributed by atoms with Crippen LogP contribution in [-0.4, -0.2) is 12.3 Å². The van der Waals surface area contributed by atoms with Gasteiger partial charge in [-0.2, -0.15) is 0 Å². The lowest BCUT2D eigenvalue weighted by Crippen LogP contribution is -2.26. The van der Waals surface area contributed by atoms with Crippen molar-refractivity contribution < 1.29 is 4.79 Å². The molecule has 0 fully saturated rings. The van der Waals surface area contributed by atoms with Crippen molar-refractivity contribution >= 4 is 12.0 Å². The van der Waals surface area contributed by atoms with Crippen molar-refractivity contribution in [3.05, 3.63) is 29.3 Å². The Morgan fingerprint density at radius 3 is 2.93 bits per heavy atom. The summed E-state index contributed by atoms with van der Waals surface area (Å²) in [5.41, 5.74) is 3.85. The fourth-order valence-corrected chi connectivity index (χ4v) is 2.01. The summed E-state index contributed by atoms with van der Waals surface area (Å²) in [4.78, 5) is 10.7. The number of aryl methyl sites for hydroxylation is 1. The van der Waals surface area contributed by atoms with Crippen LogP contribution in [0.1, 0.15) is 37.3 Å². The highest BCUT2D eigenvalue weighted by Crippen LogP contribution is 2.27. The lowest BCUT2D eigenvalue weighted by molar-refractivity contribution is -0.108. The third-order valence-electron chi connectivity index (χ3n) is 3.03. The summed E-state index contributed by atoms with van der Waals surface area (Å²) in [5.74, 6) is 0.569. The van der Waals surface area contributed by atoms with E-state index in [2.05, 4.69) is 37.4 Å². The number of hydrogen-bond donors (Lipinski definition) is 1. The van der Waals surface area contributed by atoms with Gasteiger partial charge >= 0.3 is 0 Å². The van der Waals surface area contributed by atoms with Gasteiger partial charge in [0.05, 0.1) is 6.04 Å². The first-order chi connectivity index (χ1) is 7.20. The molecular weight excluding hydrogens is 186 g/mol. The normalized spacial score (nSPS) is 19.5. The summed E-state index contributed by atoms with van der Waals surface area (Å²) in [7, 11) is 0. The average molecular weight is 203 g/mol. The average Bonchev–Trinajstić information content (AvgIpc) is 2.27. The number of benzene rings is 1. The van der Waals surface area contributed by atoms with Crippen LogP contribution in [0.2, 0.25) is 0 Å². The van der Waals surface area contributed by atoms with E-state index in [-0.39, 0.29) is 6.04 Å². The molecule has 0 saturated carbocycles. The van der Waals surface area contributed by atoms with Crippen molar-refractivity contribution in [2.45, 2.75) is 38.6 Å². The maximum absolute atomic E-state index is 10.7. The molecule has 1 atom stereocenters. The summed E-state index contributed by atoms with van der Waals surface area (Å²) >= 11 is 0. The molecule has 0 aromatic heterocycles. The molecular formula is C13H17NO. The highest BCUT2D eigenvalue weighted by molar-refractivity contribution is 5.68. The topological polar surface area (TPSA) is 29.1 Å². The molecule has 0 radical (unpaired) electrons.